The van der Waals surface area contributed by atoms with Crippen LogP contribution in [0.15, 0.2) is 0 Å². The smallest absolute Gasteiger partial charge is 0.306 e. The molecule has 0 aliphatic rings. The lowest BCUT2D eigenvalue weighted by Gasteiger charge is -2.09. The summed E-state index contributed by atoms with van der Waals surface area (Å²) >= 11 is 0. The lowest BCUT2D eigenvalue weighted by molar-refractivity contribution is -0.141. The molecule has 16 heavy (non-hydrogen) atoms. The average molecular weight is 230 g/mol. The summed E-state index contributed by atoms with van der Waals surface area (Å²) in [4.78, 5) is 20.9. The fourth-order valence-corrected chi connectivity index (χ4v) is 1.64. The molecule has 0 aromatic rings. The zero-order valence-corrected chi connectivity index (χ0v) is 10.1. The summed E-state index contributed by atoms with van der Waals surface area (Å²) in [5, 5.41) is 17.2. The van der Waals surface area contributed by atoms with Crippen LogP contribution < -0.4 is 0 Å². The van der Waals surface area contributed by atoms with Gasteiger partial charge in [0.05, 0.1) is 5.92 Å². The minimum Gasteiger partial charge on any atom is -0.481 e. The molecule has 0 aliphatic heterocycles. The third kappa shape index (κ3) is 8.26. The van der Waals surface area contributed by atoms with Crippen molar-refractivity contribution in [1.82, 2.24) is 0 Å². The van der Waals surface area contributed by atoms with Crippen LogP contribution in [-0.4, -0.2) is 22.2 Å². The molecule has 0 spiro atoms. The van der Waals surface area contributed by atoms with E-state index in [1.807, 2.05) is 6.92 Å². The van der Waals surface area contributed by atoms with E-state index in [0.717, 1.165) is 25.7 Å². The van der Waals surface area contributed by atoms with Gasteiger partial charge in [-0.3, -0.25) is 9.59 Å². The maximum absolute atomic E-state index is 10.5. The van der Waals surface area contributed by atoms with Crippen LogP contribution in [0.5, 0.6) is 0 Å². The molecule has 0 radical (unpaired) electrons. The number of carboxylic acid groups (broad SMARTS) is 2. The molecule has 0 heterocycles. The van der Waals surface area contributed by atoms with Crippen molar-refractivity contribution < 1.29 is 19.8 Å². The second-order valence-corrected chi connectivity index (χ2v) is 4.58. The Bertz CT molecular complexity index is 225. The van der Waals surface area contributed by atoms with Crippen molar-refractivity contribution >= 4 is 11.9 Å². The number of carbonyl (C=O) groups is 2. The number of rotatable bonds is 9. The lowest BCUT2D eigenvalue weighted by Crippen LogP contribution is -2.09. The Labute approximate surface area is 96.7 Å². The zero-order valence-electron chi connectivity index (χ0n) is 10.1. The normalized spacial score (nSPS) is 14.4. The molecule has 0 aromatic carbocycles. The van der Waals surface area contributed by atoms with E-state index in [9.17, 15) is 9.59 Å². The molecule has 0 aliphatic carbocycles. The van der Waals surface area contributed by atoms with Gasteiger partial charge in [-0.25, -0.2) is 0 Å². The quantitative estimate of drug-likeness (QED) is 0.597. The molecule has 0 aromatic heterocycles. The topological polar surface area (TPSA) is 74.6 Å². The third-order valence-electron chi connectivity index (χ3n) is 2.78. The van der Waals surface area contributed by atoms with E-state index < -0.39 is 11.9 Å². The van der Waals surface area contributed by atoms with Gasteiger partial charge in [-0.2, -0.15) is 0 Å². The van der Waals surface area contributed by atoms with Gasteiger partial charge in [0.1, 0.15) is 0 Å². The standard InChI is InChI=1S/C12H22O4/c1-9(8-11(13)14)6-4-3-5-7-10(2)12(15)16/h9-10H,3-8H2,1-2H3,(H,13,14)(H,15,16). The molecule has 4 heteroatoms. The van der Waals surface area contributed by atoms with Gasteiger partial charge in [0.25, 0.3) is 0 Å². The van der Waals surface area contributed by atoms with Crippen LogP contribution in [0.1, 0.15) is 52.4 Å². The van der Waals surface area contributed by atoms with Crippen molar-refractivity contribution in [3.05, 3.63) is 0 Å². The van der Waals surface area contributed by atoms with Crippen LogP contribution in [-0.2, 0) is 9.59 Å². The lowest BCUT2D eigenvalue weighted by atomic mass is 9.97. The van der Waals surface area contributed by atoms with E-state index in [4.69, 9.17) is 10.2 Å². The van der Waals surface area contributed by atoms with Gasteiger partial charge in [-0.05, 0) is 12.3 Å². The maximum atomic E-state index is 10.5. The van der Waals surface area contributed by atoms with Crippen molar-refractivity contribution in [2.24, 2.45) is 11.8 Å². The van der Waals surface area contributed by atoms with Crippen LogP contribution in [0.4, 0.5) is 0 Å². The minimum absolute atomic E-state index is 0.217. The molecule has 0 rings (SSSR count). The molecule has 0 fully saturated rings. The van der Waals surface area contributed by atoms with Crippen LogP contribution in [0.3, 0.4) is 0 Å². The van der Waals surface area contributed by atoms with Gasteiger partial charge < -0.3 is 10.2 Å². The second kappa shape index (κ2) is 8.13. The van der Waals surface area contributed by atoms with Crippen molar-refractivity contribution in [3.8, 4) is 0 Å². The summed E-state index contributed by atoms with van der Waals surface area (Å²) in [6.45, 7) is 3.66. The van der Waals surface area contributed by atoms with E-state index in [1.165, 1.54) is 0 Å². The molecule has 2 N–H and O–H groups in total. The molecule has 0 bridgehead atoms. The highest BCUT2D eigenvalue weighted by molar-refractivity contribution is 5.69. The van der Waals surface area contributed by atoms with Crippen molar-refractivity contribution in [3.63, 3.8) is 0 Å². The van der Waals surface area contributed by atoms with Gasteiger partial charge >= 0.3 is 11.9 Å². The summed E-state index contributed by atoms with van der Waals surface area (Å²) in [6, 6.07) is 0. The molecule has 0 amide bonds. The van der Waals surface area contributed by atoms with Gasteiger partial charge in [0, 0.05) is 6.42 Å². The Kier molecular flexibility index (Phi) is 7.60. The monoisotopic (exact) mass is 230 g/mol. The van der Waals surface area contributed by atoms with Crippen LogP contribution >= 0.6 is 0 Å². The first-order valence-electron chi connectivity index (χ1n) is 5.88. The Morgan fingerprint density at radius 3 is 2.06 bits per heavy atom. The second-order valence-electron chi connectivity index (χ2n) is 4.58. The number of hydrogen-bond donors (Lipinski definition) is 2. The van der Waals surface area contributed by atoms with Crippen LogP contribution in [0, 0.1) is 11.8 Å². The van der Waals surface area contributed by atoms with Crippen molar-refractivity contribution in [1.29, 1.82) is 0 Å². The highest BCUT2D eigenvalue weighted by atomic mass is 16.4. The van der Waals surface area contributed by atoms with Crippen LogP contribution in [0.25, 0.3) is 0 Å². The predicted octanol–water partition coefficient (Wildman–Crippen LogP) is 2.77. The highest BCUT2D eigenvalue weighted by Crippen LogP contribution is 2.15. The summed E-state index contributed by atoms with van der Waals surface area (Å²) in [6.07, 6.45) is 4.73. The molecule has 2 atom stereocenters. The Balaban J connectivity index is 3.39. The first kappa shape index (κ1) is 14.9. The Hall–Kier alpha value is -1.06. The molecular weight excluding hydrogens is 208 g/mol. The minimum atomic E-state index is -0.744. The molecule has 0 saturated heterocycles. The first-order chi connectivity index (χ1) is 7.43. The van der Waals surface area contributed by atoms with Crippen LogP contribution in [0.2, 0.25) is 0 Å². The zero-order chi connectivity index (χ0) is 12.6. The number of carboxylic acids is 2. The van der Waals surface area contributed by atoms with E-state index in [0.29, 0.717) is 6.42 Å². The highest BCUT2D eigenvalue weighted by Gasteiger charge is 2.10. The van der Waals surface area contributed by atoms with Gasteiger partial charge in [0.15, 0.2) is 0 Å². The van der Waals surface area contributed by atoms with Crippen molar-refractivity contribution in [2.45, 2.75) is 52.4 Å². The Morgan fingerprint density at radius 1 is 1.00 bits per heavy atom. The maximum Gasteiger partial charge on any atom is 0.306 e. The van der Waals surface area contributed by atoms with E-state index in [-0.39, 0.29) is 18.3 Å². The SMILES string of the molecule is CC(CCCCCC(C)C(=O)O)CC(=O)O. The Morgan fingerprint density at radius 2 is 1.56 bits per heavy atom. The van der Waals surface area contributed by atoms with Gasteiger partial charge in [-0.15, -0.1) is 0 Å². The largest absolute Gasteiger partial charge is 0.481 e. The number of aliphatic carboxylic acids is 2. The van der Waals surface area contributed by atoms with Crippen molar-refractivity contribution in [2.75, 3.05) is 0 Å². The number of unbranched alkanes of at least 4 members (excludes halogenated alkanes) is 2. The molecule has 0 saturated carbocycles. The predicted molar refractivity (Wildman–Crippen MR) is 61.3 cm³/mol. The summed E-state index contributed by atoms with van der Waals surface area (Å²) in [7, 11) is 0. The van der Waals surface area contributed by atoms with Gasteiger partial charge in [-0.1, -0.05) is 39.5 Å². The third-order valence-corrected chi connectivity index (χ3v) is 2.78. The van der Waals surface area contributed by atoms with E-state index in [1.54, 1.807) is 6.92 Å². The summed E-state index contributed by atoms with van der Waals surface area (Å²) in [5.41, 5.74) is 0. The summed E-state index contributed by atoms with van der Waals surface area (Å²) < 4.78 is 0. The van der Waals surface area contributed by atoms with E-state index in [2.05, 4.69) is 0 Å². The first-order valence-corrected chi connectivity index (χ1v) is 5.88. The average Bonchev–Trinajstić information content (AvgIpc) is 2.15. The molecule has 94 valence electrons. The molecule has 2 unspecified atom stereocenters. The summed E-state index contributed by atoms with van der Waals surface area (Å²) in [5.74, 6) is -1.53. The number of hydrogen-bond acceptors (Lipinski definition) is 2. The fraction of sp³-hybridized carbons (Fsp3) is 0.833. The van der Waals surface area contributed by atoms with E-state index >= 15 is 0 Å². The van der Waals surface area contributed by atoms with Gasteiger partial charge in [0.2, 0.25) is 0 Å². The molecule has 4 nitrogen and oxygen atoms in total. The fourth-order valence-electron chi connectivity index (χ4n) is 1.64. The molecular formula is C12H22O4.